The fourth-order valence-corrected chi connectivity index (χ4v) is 11.6. The number of rotatable bonds is 4. The standard InChI is InChI=1S/C64H50.CH4/c1-41-21-6-9-25-46(41)62(61-40-58-42(2)20-4-3-5-22-43-23-8-11-28-49(43)63(58)56-35-19-16-32-53(56)61)57-37-36-44-24-7-10-26-47(44)59(57)38-45-39-60-52-31-14-13-29-50(52)51-30-15-18-34-55(51)64(60)54-33-17-12-27-48(45)54;/h3-5,8-20,23,25-37,39-40,58,63H,1-2,6-7,21-22,24,38H2;1H4/b5-3-,20-4-,62-46+;. The molecule has 12 rings (SSSR count). The van der Waals surface area contributed by atoms with Gasteiger partial charge in [0.1, 0.15) is 0 Å². The van der Waals surface area contributed by atoms with Crippen LogP contribution in [0.1, 0.15) is 82.7 Å². The molecule has 0 N–H and O–H groups in total. The second kappa shape index (κ2) is 16.7. The monoisotopic (exact) mass is 834 g/mol. The number of hydrogen-bond acceptors (Lipinski definition) is 0. The van der Waals surface area contributed by atoms with E-state index >= 15 is 0 Å². The molecular formula is C65H54. The molecule has 0 aliphatic heterocycles. The average Bonchev–Trinajstić information content (AvgIpc) is 3.35. The van der Waals surface area contributed by atoms with Crippen molar-refractivity contribution in [2.24, 2.45) is 5.92 Å². The molecule has 2 atom stereocenters. The van der Waals surface area contributed by atoms with Gasteiger partial charge in [-0.15, -0.1) is 0 Å². The first-order chi connectivity index (χ1) is 31.6. The first-order valence-electron chi connectivity index (χ1n) is 23.2. The molecule has 0 aromatic heterocycles. The summed E-state index contributed by atoms with van der Waals surface area (Å²) in [4.78, 5) is 0. The van der Waals surface area contributed by atoms with Gasteiger partial charge in [0.2, 0.25) is 0 Å². The minimum atomic E-state index is 0. The molecule has 0 radical (unpaired) electrons. The zero-order valence-corrected chi connectivity index (χ0v) is 36.3. The Hall–Kier alpha value is -7.28. The fraction of sp³-hybridized carbons (Fsp3) is 0.138. The average molecular weight is 835 g/mol. The lowest BCUT2D eigenvalue weighted by atomic mass is 9.66. The highest BCUT2D eigenvalue weighted by Gasteiger charge is 2.36. The zero-order valence-electron chi connectivity index (χ0n) is 36.3. The van der Waals surface area contributed by atoms with Gasteiger partial charge in [0.15, 0.2) is 0 Å². The molecule has 0 heterocycles. The third-order valence-corrected chi connectivity index (χ3v) is 14.6. The van der Waals surface area contributed by atoms with Crippen LogP contribution in [0.3, 0.4) is 0 Å². The van der Waals surface area contributed by atoms with Crippen molar-refractivity contribution in [2.75, 3.05) is 0 Å². The lowest BCUT2D eigenvalue weighted by Gasteiger charge is -2.37. The summed E-state index contributed by atoms with van der Waals surface area (Å²) in [6.45, 7) is 9.63. The number of benzene rings is 8. The summed E-state index contributed by atoms with van der Waals surface area (Å²) < 4.78 is 0. The lowest BCUT2D eigenvalue weighted by molar-refractivity contribution is 0.650. The van der Waals surface area contributed by atoms with Crippen molar-refractivity contribution in [2.45, 2.75) is 51.9 Å². The van der Waals surface area contributed by atoms with Crippen LogP contribution in [-0.4, -0.2) is 0 Å². The molecule has 0 amide bonds. The van der Waals surface area contributed by atoms with Crippen molar-refractivity contribution in [1.29, 1.82) is 0 Å². The minimum absolute atomic E-state index is 0. The fourth-order valence-electron chi connectivity index (χ4n) is 11.6. The molecule has 0 nitrogen and oxygen atoms in total. The Balaban J connectivity index is 0.00000469. The summed E-state index contributed by atoms with van der Waals surface area (Å²) >= 11 is 0. The van der Waals surface area contributed by atoms with Gasteiger partial charge in [-0.3, -0.25) is 0 Å². The first kappa shape index (κ1) is 40.5. The molecule has 314 valence electrons. The summed E-state index contributed by atoms with van der Waals surface area (Å²) in [6.07, 6.45) is 26.8. The molecule has 8 aromatic rings. The smallest absolute Gasteiger partial charge is 0.0202 e. The Labute approximate surface area is 384 Å². The highest BCUT2D eigenvalue weighted by Crippen LogP contribution is 2.52. The van der Waals surface area contributed by atoms with Crippen LogP contribution in [0, 0.1) is 5.92 Å². The number of allylic oxidation sites excluding steroid dienone is 13. The summed E-state index contributed by atoms with van der Waals surface area (Å²) in [6, 6.07) is 52.8. The molecule has 4 aliphatic carbocycles. The number of fused-ring (bicyclic) bond motifs is 14. The van der Waals surface area contributed by atoms with Crippen molar-refractivity contribution >= 4 is 60.3 Å². The van der Waals surface area contributed by atoms with Gasteiger partial charge in [-0.05, 0) is 166 Å². The van der Waals surface area contributed by atoms with E-state index in [0.29, 0.717) is 0 Å². The van der Waals surface area contributed by atoms with Gasteiger partial charge in [0.25, 0.3) is 0 Å². The van der Waals surface area contributed by atoms with Crippen LogP contribution in [0.2, 0.25) is 0 Å². The van der Waals surface area contributed by atoms with E-state index in [2.05, 4.69) is 194 Å². The Morgan fingerprint density at radius 2 is 1.20 bits per heavy atom. The maximum atomic E-state index is 4.82. The van der Waals surface area contributed by atoms with E-state index in [9.17, 15) is 0 Å². The highest BCUT2D eigenvalue weighted by molar-refractivity contribution is 6.31. The van der Waals surface area contributed by atoms with Crippen molar-refractivity contribution in [3.63, 3.8) is 0 Å². The quantitative estimate of drug-likeness (QED) is 0.155. The topological polar surface area (TPSA) is 0 Å². The van der Waals surface area contributed by atoms with E-state index < -0.39 is 0 Å². The predicted octanol–water partition coefficient (Wildman–Crippen LogP) is 17.2. The van der Waals surface area contributed by atoms with Gasteiger partial charge in [-0.1, -0.05) is 209 Å². The number of hydrogen-bond donors (Lipinski definition) is 0. The van der Waals surface area contributed by atoms with Gasteiger partial charge in [-0.2, -0.15) is 0 Å². The molecule has 0 heteroatoms. The lowest BCUT2D eigenvalue weighted by Crippen LogP contribution is -2.22. The first-order valence-corrected chi connectivity index (χ1v) is 23.2. The third kappa shape index (κ3) is 6.74. The van der Waals surface area contributed by atoms with Crippen molar-refractivity contribution in [1.82, 2.24) is 0 Å². The molecule has 2 unspecified atom stereocenters. The maximum absolute atomic E-state index is 4.82. The van der Waals surface area contributed by atoms with E-state index in [-0.39, 0.29) is 19.3 Å². The van der Waals surface area contributed by atoms with Gasteiger partial charge in [-0.25, -0.2) is 0 Å². The Morgan fingerprint density at radius 1 is 0.554 bits per heavy atom. The summed E-state index contributed by atoms with van der Waals surface area (Å²) in [5.41, 5.74) is 18.4. The molecule has 8 aromatic carbocycles. The summed E-state index contributed by atoms with van der Waals surface area (Å²) in [7, 11) is 0. The van der Waals surface area contributed by atoms with Crippen LogP contribution in [0.25, 0.3) is 60.3 Å². The third-order valence-electron chi connectivity index (χ3n) is 14.6. The normalized spacial score (nSPS) is 19.5. The van der Waals surface area contributed by atoms with E-state index in [4.69, 9.17) is 13.2 Å². The summed E-state index contributed by atoms with van der Waals surface area (Å²) in [5, 5.41) is 10.5. The second-order valence-corrected chi connectivity index (χ2v) is 18.1. The molecular weight excluding hydrogens is 781 g/mol. The largest absolute Gasteiger partial charge is 0.0952 e. The Kier molecular flexibility index (Phi) is 10.4. The summed E-state index contributed by atoms with van der Waals surface area (Å²) in [5.74, 6) is 0.190. The molecule has 0 saturated carbocycles. The van der Waals surface area contributed by atoms with Crippen LogP contribution >= 0.6 is 0 Å². The van der Waals surface area contributed by atoms with Gasteiger partial charge < -0.3 is 0 Å². The minimum Gasteiger partial charge on any atom is -0.0952 e. The van der Waals surface area contributed by atoms with Crippen molar-refractivity contribution in [3.05, 3.63) is 268 Å². The molecule has 0 saturated heterocycles. The molecule has 0 bridgehead atoms. The molecule has 65 heavy (non-hydrogen) atoms. The van der Waals surface area contributed by atoms with Crippen LogP contribution < -0.4 is 0 Å². The van der Waals surface area contributed by atoms with Gasteiger partial charge in [0, 0.05) is 11.8 Å². The number of aryl methyl sites for hydroxylation is 1. The van der Waals surface area contributed by atoms with Crippen LogP contribution in [0.4, 0.5) is 0 Å². The Morgan fingerprint density at radius 3 is 2.00 bits per heavy atom. The van der Waals surface area contributed by atoms with Crippen molar-refractivity contribution < 1.29 is 0 Å². The maximum Gasteiger partial charge on any atom is 0.0202 e. The highest BCUT2D eigenvalue weighted by atomic mass is 14.4. The second-order valence-electron chi connectivity index (χ2n) is 18.1. The van der Waals surface area contributed by atoms with E-state index in [1.807, 2.05) is 0 Å². The predicted molar refractivity (Wildman–Crippen MR) is 282 cm³/mol. The van der Waals surface area contributed by atoms with E-state index in [1.54, 1.807) is 0 Å². The van der Waals surface area contributed by atoms with Gasteiger partial charge in [0.05, 0.1) is 0 Å². The van der Waals surface area contributed by atoms with Crippen LogP contribution in [0.5, 0.6) is 0 Å². The molecule has 0 fully saturated rings. The van der Waals surface area contributed by atoms with Crippen molar-refractivity contribution in [3.8, 4) is 0 Å². The Bertz CT molecular complexity index is 3480. The van der Waals surface area contributed by atoms with E-state index in [1.165, 1.54) is 115 Å². The SMILES string of the molecule is C.C=C1CCC=C/C1=C(\C1=CC2C(=C)/C=C\C=C/Cc3ccccc3C2c2ccccc21)c1ccc2c(c1Cc1cc3c4ccccc4c4ccccc4c3c3ccccc13)C=CCC2. The molecule has 4 aliphatic rings. The van der Waals surface area contributed by atoms with Crippen LogP contribution in [-0.2, 0) is 19.3 Å². The molecule has 0 spiro atoms. The van der Waals surface area contributed by atoms with Gasteiger partial charge >= 0.3 is 0 Å². The van der Waals surface area contributed by atoms with Crippen LogP contribution in [0.15, 0.2) is 218 Å². The van der Waals surface area contributed by atoms with E-state index in [0.717, 1.165) is 44.1 Å². The zero-order chi connectivity index (χ0) is 42.7.